The minimum absolute atomic E-state index is 0.372. The minimum atomic E-state index is -3.47. The van der Waals surface area contributed by atoms with E-state index in [2.05, 4.69) is 17.4 Å². The van der Waals surface area contributed by atoms with Crippen LogP contribution in [0.4, 0.5) is 5.69 Å². The number of anilines is 1. The van der Waals surface area contributed by atoms with Gasteiger partial charge in [0.15, 0.2) is 0 Å². The quantitative estimate of drug-likeness (QED) is 0.771. The molecule has 2 unspecified atom stereocenters. The standard InChI is InChI=1S/C24H30N2O2S/c27-29(28,22-4-2-1-3-5-22)26-15-12-21-16-19(8-9-24(21)26)23-17-20(23)7-6-18-10-13-25-14-11-18/h1-5,8-9,16,18,20,23,25H,6-7,10-15,17H2. The lowest BCUT2D eigenvalue weighted by atomic mass is 9.91. The van der Waals surface area contributed by atoms with Gasteiger partial charge in [0.05, 0.1) is 10.6 Å². The summed E-state index contributed by atoms with van der Waals surface area (Å²) in [6, 6.07) is 15.3. The van der Waals surface area contributed by atoms with E-state index in [1.807, 2.05) is 12.1 Å². The van der Waals surface area contributed by atoms with Crippen LogP contribution in [0.15, 0.2) is 53.4 Å². The normalized spacial score (nSPS) is 24.5. The monoisotopic (exact) mass is 410 g/mol. The number of hydrogen-bond donors (Lipinski definition) is 1. The highest BCUT2D eigenvalue weighted by atomic mass is 32.2. The van der Waals surface area contributed by atoms with Gasteiger partial charge in [-0.15, -0.1) is 0 Å². The maximum atomic E-state index is 13.0. The van der Waals surface area contributed by atoms with E-state index in [-0.39, 0.29) is 0 Å². The average molecular weight is 411 g/mol. The van der Waals surface area contributed by atoms with Crippen molar-refractivity contribution in [1.29, 1.82) is 0 Å². The number of benzene rings is 2. The van der Waals surface area contributed by atoms with E-state index in [1.165, 1.54) is 56.3 Å². The van der Waals surface area contributed by atoms with Gasteiger partial charge in [-0.05, 0) is 92.3 Å². The fraction of sp³-hybridized carbons (Fsp3) is 0.500. The molecule has 4 nitrogen and oxygen atoms in total. The van der Waals surface area contributed by atoms with Crippen LogP contribution in [0.1, 0.15) is 49.1 Å². The van der Waals surface area contributed by atoms with Gasteiger partial charge in [-0.25, -0.2) is 8.42 Å². The molecule has 0 bridgehead atoms. The van der Waals surface area contributed by atoms with Gasteiger partial charge in [-0.2, -0.15) is 0 Å². The van der Waals surface area contributed by atoms with E-state index in [1.54, 1.807) is 28.6 Å². The second kappa shape index (κ2) is 7.77. The highest BCUT2D eigenvalue weighted by molar-refractivity contribution is 7.92. The van der Waals surface area contributed by atoms with Gasteiger partial charge in [-0.1, -0.05) is 36.8 Å². The molecule has 5 rings (SSSR count). The van der Waals surface area contributed by atoms with Crippen molar-refractivity contribution in [3.8, 4) is 0 Å². The van der Waals surface area contributed by atoms with E-state index in [0.29, 0.717) is 17.4 Å². The summed E-state index contributed by atoms with van der Waals surface area (Å²) >= 11 is 0. The smallest absolute Gasteiger partial charge is 0.264 e. The molecule has 5 heteroatoms. The van der Waals surface area contributed by atoms with Crippen LogP contribution in [0, 0.1) is 11.8 Å². The van der Waals surface area contributed by atoms with E-state index in [4.69, 9.17) is 0 Å². The maximum absolute atomic E-state index is 13.0. The summed E-state index contributed by atoms with van der Waals surface area (Å²) in [4.78, 5) is 0.372. The summed E-state index contributed by atoms with van der Waals surface area (Å²) in [5, 5.41) is 3.45. The topological polar surface area (TPSA) is 49.4 Å². The predicted molar refractivity (Wildman–Crippen MR) is 117 cm³/mol. The first-order chi connectivity index (χ1) is 14.1. The zero-order chi connectivity index (χ0) is 19.8. The average Bonchev–Trinajstić information content (AvgIpc) is 3.41. The highest BCUT2D eigenvalue weighted by Gasteiger charge is 2.39. The van der Waals surface area contributed by atoms with Gasteiger partial charge in [0.2, 0.25) is 0 Å². The predicted octanol–water partition coefficient (Wildman–Crippen LogP) is 4.32. The molecule has 2 aromatic carbocycles. The number of nitrogens with zero attached hydrogens (tertiary/aromatic N) is 1. The first-order valence-electron chi connectivity index (χ1n) is 11.0. The van der Waals surface area contributed by atoms with Crippen LogP contribution in [0.2, 0.25) is 0 Å². The first-order valence-corrected chi connectivity index (χ1v) is 12.5. The largest absolute Gasteiger partial charge is 0.317 e. The molecule has 2 aliphatic heterocycles. The molecular formula is C24H30N2O2S. The van der Waals surface area contributed by atoms with Crippen LogP contribution in [0.5, 0.6) is 0 Å². The van der Waals surface area contributed by atoms with Gasteiger partial charge < -0.3 is 5.32 Å². The molecule has 0 aromatic heterocycles. The van der Waals surface area contributed by atoms with Crippen molar-refractivity contribution in [2.24, 2.45) is 11.8 Å². The Morgan fingerprint density at radius 3 is 2.59 bits per heavy atom. The third kappa shape index (κ3) is 3.82. The summed E-state index contributed by atoms with van der Waals surface area (Å²) in [6.07, 6.45) is 7.50. The molecule has 2 heterocycles. The second-order valence-corrected chi connectivity index (χ2v) is 10.8. The molecule has 29 heavy (non-hydrogen) atoms. The van der Waals surface area contributed by atoms with Crippen LogP contribution in [-0.2, 0) is 16.4 Å². The maximum Gasteiger partial charge on any atom is 0.264 e. The molecular weight excluding hydrogens is 380 g/mol. The Bertz CT molecular complexity index is 968. The summed E-state index contributed by atoms with van der Waals surface area (Å²) < 4.78 is 27.7. The summed E-state index contributed by atoms with van der Waals surface area (Å²) in [5.41, 5.74) is 3.47. The third-order valence-electron chi connectivity index (χ3n) is 7.04. The van der Waals surface area contributed by atoms with Crippen molar-refractivity contribution in [3.63, 3.8) is 0 Å². The Hall–Kier alpha value is -1.85. The van der Waals surface area contributed by atoms with E-state index < -0.39 is 10.0 Å². The van der Waals surface area contributed by atoms with Gasteiger partial charge in [0, 0.05) is 6.54 Å². The molecule has 2 aromatic rings. The van der Waals surface area contributed by atoms with Crippen molar-refractivity contribution in [1.82, 2.24) is 5.32 Å². The summed E-state index contributed by atoms with van der Waals surface area (Å²) in [6.45, 7) is 2.91. The Labute approximate surface area is 174 Å². The zero-order valence-corrected chi connectivity index (χ0v) is 17.7. The molecule has 1 N–H and O–H groups in total. The van der Waals surface area contributed by atoms with Crippen molar-refractivity contribution < 1.29 is 8.42 Å². The number of fused-ring (bicyclic) bond motifs is 1. The van der Waals surface area contributed by atoms with Crippen molar-refractivity contribution in [2.75, 3.05) is 23.9 Å². The molecule has 154 valence electrons. The minimum Gasteiger partial charge on any atom is -0.317 e. The Balaban J connectivity index is 1.26. The van der Waals surface area contributed by atoms with Gasteiger partial charge in [-0.3, -0.25) is 4.31 Å². The lowest BCUT2D eigenvalue weighted by Gasteiger charge is -2.22. The zero-order valence-electron chi connectivity index (χ0n) is 16.9. The van der Waals surface area contributed by atoms with Gasteiger partial charge >= 0.3 is 0 Å². The van der Waals surface area contributed by atoms with Crippen molar-refractivity contribution >= 4 is 15.7 Å². The molecule has 1 saturated heterocycles. The van der Waals surface area contributed by atoms with E-state index in [0.717, 1.165) is 23.9 Å². The van der Waals surface area contributed by atoms with Crippen molar-refractivity contribution in [2.45, 2.75) is 49.3 Å². The molecule has 0 amide bonds. The molecule has 2 fully saturated rings. The molecule has 3 aliphatic rings. The van der Waals surface area contributed by atoms with Crippen LogP contribution in [0.25, 0.3) is 0 Å². The fourth-order valence-corrected chi connectivity index (χ4v) is 6.71. The lowest BCUT2D eigenvalue weighted by molar-refractivity contribution is 0.340. The molecule has 0 radical (unpaired) electrons. The molecule has 1 saturated carbocycles. The third-order valence-corrected chi connectivity index (χ3v) is 8.87. The fourth-order valence-electron chi connectivity index (χ4n) is 5.19. The number of rotatable bonds is 6. The van der Waals surface area contributed by atoms with Gasteiger partial charge in [0.25, 0.3) is 10.0 Å². The molecule has 1 aliphatic carbocycles. The Morgan fingerprint density at radius 2 is 1.79 bits per heavy atom. The number of hydrogen-bond acceptors (Lipinski definition) is 3. The van der Waals surface area contributed by atoms with Crippen LogP contribution in [-0.4, -0.2) is 28.1 Å². The second-order valence-electron chi connectivity index (χ2n) is 8.90. The Kier molecular flexibility index (Phi) is 5.12. The SMILES string of the molecule is O=S(=O)(c1ccccc1)N1CCc2cc(C3CC3CCC3CCNCC3)ccc21. The van der Waals surface area contributed by atoms with E-state index >= 15 is 0 Å². The summed E-state index contributed by atoms with van der Waals surface area (Å²) in [5.74, 6) is 2.42. The Morgan fingerprint density at radius 1 is 1.00 bits per heavy atom. The molecule has 2 atom stereocenters. The van der Waals surface area contributed by atoms with Crippen LogP contribution >= 0.6 is 0 Å². The number of nitrogens with one attached hydrogen (secondary N) is 1. The first kappa shape index (κ1) is 19.1. The van der Waals surface area contributed by atoms with Crippen molar-refractivity contribution in [3.05, 3.63) is 59.7 Å². The lowest BCUT2D eigenvalue weighted by Crippen LogP contribution is -2.29. The molecule has 0 spiro atoms. The van der Waals surface area contributed by atoms with Crippen LogP contribution in [0.3, 0.4) is 0 Å². The highest BCUT2D eigenvalue weighted by Crippen LogP contribution is 2.51. The number of sulfonamides is 1. The number of piperidine rings is 1. The van der Waals surface area contributed by atoms with Gasteiger partial charge in [0.1, 0.15) is 0 Å². The summed E-state index contributed by atoms with van der Waals surface area (Å²) in [7, 11) is -3.47. The van der Waals surface area contributed by atoms with Crippen LogP contribution < -0.4 is 9.62 Å². The van der Waals surface area contributed by atoms with E-state index in [9.17, 15) is 8.42 Å².